The Kier molecular flexibility index (Phi) is 3.94. The van der Waals surface area contributed by atoms with Gasteiger partial charge < -0.3 is 0 Å². The van der Waals surface area contributed by atoms with E-state index in [2.05, 4.69) is 12.2 Å². The Hall–Kier alpha value is -0.610. The molecular formula is C6H8. The zero-order valence-corrected chi connectivity index (χ0v) is 4.15. The van der Waals surface area contributed by atoms with E-state index in [0.717, 1.165) is 0 Å². The summed E-state index contributed by atoms with van der Waals surface area (Å²) in [5.74, 6) is 0. The van der Waals surface area contributed by atoms with Crippen LogP contribution in [0.5, 0.6) is 0 Å². The first-order valence-corrected chi connectivity index (χ1v) is 1.91. The fraction of sp³-hybridized carbons (Fsp3) is 0.333. The predicted octanol–water partition coefficient (Wildman–Crippen LogP) is 1.74. The second-order valence-corrected chi connectivity index (χ2v) is 0.911. The van der Waals surface area contributed by atoms with Crippen LogP contribution in [0.25, 0.3) is 0 Å². The van der Waals surface area contributed by atoms with Gasteiger partial charge in [-0.2, -0.15) is 6.08 Å². The van der Waals surface area contributed by atoms with Crippen molar-refractivity contribution in [2.45, 2.75) is 13.8 Å². The van der Waals surface area contributed by atoms with Gasteiger partial charge in [0.25, 0.3) is 0 Å². The lowest BCUT2D eigenvalue weighted by atomic mass is 10.5. The van der Waals surface area contributed by atoms with E-state index in [1.807, 2.05) is 26.0 Å². The molecular weight excluding hydrogens is 72.1 g/mol. The quantitative estimate of drug-likeness (QED) is 0.332. The van der Waals surface area contributed by atoms with Crippen molar-refractivity contribution < 1.29 is 0 Å². The van der Waals surface area contributed by atoms with Crippen molar-refractivity contribution in [1.29, 1.82) is 0 Å². The summed E-state index contributed by atoms with van der Waals surface area (Å²) in [6.07, 6.45) is 9.29. The van der Waals surface area contributed by atoms with Crippen LogP contribution in [0.2, 0.25) is 0 Å². The minimum atomic E-state index is 1.82. The highest BCUT2D eigenvalue weighted by Crippen LogP contribution is 1.68. The minimum absolute atomic E-state index is 1.82. The van der Waals surface area contributed by atoms with E-state index in [1.54, 1.807) is 0 Å². The van der Waals surface area contributed by atoms with Crippen molar-refractivity contribution in [2.24, 2.45) is 0 Å². The van der Waals surface area contributed by atoms with Crippen molar-refractivity contribution in [3.63, 3.8) is 0 Å². The summed E-state index contributed by atoms with van der Waals surface area (Å²) in [7, 11) is 0. The van der Waals surface area contributed by atoms with Gasteiger partial charge in [0.2, 0.25) is 0 Å². The Labute approximate surface area is 39.2 Å². The molecule has 0 aliphatic rings. The van der Waals surface area contributed by atoms with Crippen molar-refractivity contribution in [1.82, 2.24) is 0 Å². The fourth-order valence-corrected chi connectivity index (χ4v) is 0.167. The summed E-state index contributed by atoms with van der Waals surface area (Å²) in [5.41, 5.74) is 0. The molecule has 0 radical (unpaired) electrons. The van der Waals surface area contributed by atoms with Gasteiger partial charge in [-0.25, -0.2) is 0 Å². The number of hydrogen-bond donors (Lipinski definition) is 0. The summed E-state index contributed by atoms with van der Waals surface area (Å²) in [5, 5.41) is 0. The van der Waals surface area contributed by atoms with Gasteiger partial charge in [0.05, 0.1) is 6.92 Å². The molecule has 0 fully saturated rings. The van der Waals surface area contributed by atoms with Crippen molar-refractivity contribution in [2.75, 3.05) is 0 Å². The fourth-order valence-electron chi connectivity index (χ4n) is 0.167. The highest BCUT2D eigenvalue weighted by molar-refractivity contribution is 4.91. The maximum Gasteiger partial charge on any atom is 0.0566 e. The van der Waals surface area contributed by atoms with Gasteiger partial charge in [-0.05, 0) is 6.08 Å². The molecule has 0 N–H and O–H groups in total. The molecule has 0 aliphatic heterocycles. The molecule has 0 heteroatoms. The number of allylic oxidation sites excluding steroid dienone is 4. The average Bonchev–Trinajstić information content (AvgIpc) is 1.61. The topological polar surface area (TPSA) is 0 Å². The zero-order chi connectivity index (χ0) is 4.83. The van der Waals surface area contributed by atoms with Crippen LogP contribution in [-0.4, -0.2) is 0 Å². The number of hydrogen-bond acceptors (Lipinski definition) is 0. The Bertz CT molecular complexity index is 48.4. The average molecular weight is 80.1 g/mol. The van der Waals surface area contributed by atoms with Gasteiger partial charge >= 0.3 is 0 Å². The van der Waals surface area contributed by atoms with Gasteiger partial charge in [0.1, 0.15) is 0 Å². The van der Waals surface area contributed by atoms with Gasteiger partial charge in [-0.3, -0.25) is 0 Å². The Morgan fingerprint density at radius 1 is 1.67 bits per heavy atom. The third-order valence-corrected chi connectivity index (χ3v) is 0.417. The van der Waals surface area contributed by atoms with Crippen LogP contribution in [0.1, 0.15) is 13.8 Å². The molecule has 0 saturated heterocycles. The first-order chi connectivity index (χ1) is 2.91. The molecule has 0 nitrogen and oxygen atoms in total. The largest absolute Gasteiger partial charge is 0.173 e. The molecule has 0 unspecified atom stereocenters. The lowest BCUT2D eigenvalue weighted by molar-refractivity contribution is 1.60. The van der Waals surface area contributed by atoms with E-state index in [0.29, 0.717) is 0 Å². The molecule has 0 saturated carbocycles. The van der Waals surface area contributed by atoms with E-state index < -0.39 is 0 Å². The standard InChI is InChI=1S/C6H8/c1-3-5-6-4-2/h5-6H,1-2H3. The molecule has 0 rings (SSSR count). The summed E-state index contributed by atoms with van der Waals surface area (Å²) in [6.45, 7) is 3.71. The van der Waals surface area contributed by atoms with Crippen LogP contribution < -0.4 is 0 Å². The van der Waals surface area contributed by atoms with Crippen molar-refractivity contribution >= 4 is 0 Å². The highest BCUT2D eigenvalue weighted by atomic mass is 13.6. The number of rotatable bonds is 1. The van der Waals surface area contributed by atoms with E-state index in [9.17, 15) is 0 Å². The third kappa shape index (κ3) is 3.39. The lowest BCUT2D eigenvalue weighted by Crippen LogP contribution is -1.42. The van der Waals surface area contributed by atoms with Crippen LogP contribution in [0.3, 0.4) is 0 Å². The Morgan fingerprint density at radius 3 is 2.50 bits per heavy atom. The van der Waals surface area contributed by atoms with Crippen molar-refractivity contribution in [3.8, 4) is 0 Å². The maximum atomic E-state index is 2.83. The molecule has 0 spiro atoms. The molecule has 0 aromatic carbocycles. The third-order valence-electron chi connectivity index (χ3n) is 0.417. The molecule has 0 bridgehead atoms. The van der Waals surface area contributed by atoms with E-state index in [4.69, 9.17) is 0 Å². The van der Waals surface area contributed by atoms with E-state index in [1.165, 1.54) is 0 Å². The van der Waals surface area contributed by atoms with Gasteiger partial charge in [-0.1, -0.05) is 6.08 Å². The van der Waals surface area contributed by atoms with E-state index >= 15 is 0 Å². The molecule has 0 aromatic heterocycles. The van der Waals surface area contributed by atoms with Crippen LogP contribution >= 0.6 is 0 Å². The normalized spacial score (nSPS) is 10.3. The van der Waals surface area contributed by atoms with Gasteiger partial charge in [0, 0.05) is 6.08 Å². The van der Waals surface area contributed by atoms with Crippen LogP contribution in [0, 0.1) is 12.2 Å². The first kappa shape index (κ1) is 5.39. The van der Waals surface area contributed by atoms with Crippen LogP contribution in [0.4, 0.5) is 0 Å². The van der Waals surface area contributed by atoms with Gasteiger partial charge in [-0.15, -0.1) is 6.92 Å². The summed E-state index contributed by atoms with van der Waals surface area (Å²) in [4.78, 5) is 0. The molecule has 0 aromatic rings. The smallest absolute Gasteiger partial charge is 0.0566 e. The monoisotopic (exact) mass is 80.1 g/mol. The first-order valence-electron chi connectivity index (χ1n) is 1.91. The second kappa shape index (κ2) is 4.39. The SMILES string of the molecule is C[C+]=CC=[C-]C. The summed E-state index contributed by atoms with van der Waals surface area (Å²) < 4.78 is 0. The van der Waals surface area contributed by atoms with Gasteiger partial charge in [0.15, 0.2) is 0 Å². The Morgan fingerprint density at radius 2 is 2.33 bits per heavy atom. The minimum Gasteiger partial charge on any atom is -0.173 e. The molecule has 0 amide bonds. The lowest BCUT2D eigenvalue weighted by Gasteiger charge is -1.62. The Balaban J connectivity index is 3.07. The molecule has 32 valence electrons. The van der Waals surface area contributed by atoms with Crippen molar-refractivity contribution in [3.05, 3.63) is 24.3 Å². The second-order valence-electron chi connectivity index (χ2n) is 0.911. The zero-order valence-electron chi connectivity index (χ0n) is 4.15. The molecule has 0 atom stereocenters. The maximum absolute atomic E-state index is 2.83. The molecule has 0 heterocycles. The van der Waals surface area contributed by atoms with Crippen LogP contribution in [-0.2, 0) is 0 Å². The predicted molar refractivity (Wildman–Crippen MR) is 27.0 cm³/mol. The summed E-state index contributed by atoms with van der Waals surface area (Å²) >= 11 is 0. The molecule has 0 aliphatic carbocycles. The summed E-state index contributed by atoms with van der Waals surface area (Å²) in [6, 6.07) is 0. The van der Waals surface area contributed by atoms with E-state index in [-0.39, 0.29) is 0 Å². The molecule has 6 heavy (non-hydrogen) atoms. The van der Waals surface area contributed by atoms with Crippen LogP contribution in [0.15, 0.2) is 12.2 Å². The highest BCUT2D eigenvalue weighted by Gasteiger charge is 1.50.